The minimum atomic E-state index is 0.180. The third-order valence-corrected chi connectivity index (χ3v) is 3.28. The molecule has 0 spiro atoms. The molecule has 0 radical (unpaired) electrons. The van der Waals surface area contributed by atoms with Gasteiger partial charge in [0.15, 0.2) is 0 Å². The Bertz CT molecular complexity index is 357. The molecular formula is C12H18N2O2. The van der Waals surface area contributed by atoms with Gasteiger partial charge in [-0.25, -0.2) is 0 Å². The average Bonchev–Trinajstić information content (AvgIpc) is 2.70. The zero-order valence-corrected chi connectivity index (χ0v) is 9.76. The van der Waals surface area contributed by atoms with Crippen molar-refractivity contribution in [1.29, 1.82) is 0 Å². The fraction of sp³-hybridized carbons (Fsp3) is 0.583. The van der Waals surface area contributed by atoms with Gasteiger partial charge in [0.25, 0.3) is 0 Å². The smallest absolute Gasteiger partial charge is 0.214 e. The number of hydrogen-bond donors (Lipinski definition) is 1. The molecule has 1 aliphatic rings. The summed E-state index contributed by atoms with van der Waals surface area (Å²) in [7, 11) is 1.61. The summed E-state index contributed by atoms with van der Waals surface area (Å²) in [6, 6.07) is 5.90. The van der Waals surface area contributed by atoms with Crippen LogP contribution in [0.1, 0.15) is 13.3 Å². The van der Waals surface area contributed by atoms with E-state index in [1.54, 1.807) is 7.11 Å². The first-order chi connectivity index (χ1) is 7.76. The summed E-state index contributed by atoms with van der Waals surface area (Å²) in [5, 5.41) is 9.39. The van der Waals surface area contributed by atoms with Crippen LogP contribution in [0, 0.1) is 5.92 Å². The largest absolute Gasteiger partial charge is 0.481 e. The SMILES string of the molecule is COc1cccc(N2CCC(C)C2CO)n1. The zero-order valence-electron chi connectivity index (χ0n) is 9.76. The molecule has 2 atom stereocenters. The third-order valence-electron chi connectivity index (χ3n) is 3.28. The molecule has 0 bridgehead atoms. The van der Waals surface area contributed by atoms with Gasteiger partial charge in [-0.1, -0.05) is 13.0 Å². The van der Waals surface area contributed by atoms with E-state index in [-0.39, 0.29) is 12.6 Å². The molecule has 1 N–H and O–H groups in total. The highest BCUT2D eigenvalue weighted by atomic mass is 16.5. The molecule has 1 aromatic heterocycles. The predicted octanol–water partition coefficient (Wildman–Crippen LogP) is 1.30. The highest BCUT2D eigenvalue weighted by Crippen LogP contribution is 2.28. The van der Waals surface area contributed by atoms with Crippen molar-refractivity contribution in [1.82, 2.24) is 4.98 Å². The lowest BCUT2D eigenvalue weighted by Gasteiger charge is -2.26. The van der Waals surface area contributed by atoms with Crippen molar-refractivity contribution in [3.63, 3.8) is 0 Å². The molecule has 0 amide bonds. The van der Waals surface area contributed by atoms with Gasteiger partial charge in [0, 0.05) is 12.6 Å². The predicted molar refractivity (Wildman–Crippen MR) is 62.8 cm³/mol. The number of hydrogen-bond acceptors (Lipinski definition) is 4. The van der Waals surface area contributed by atoms with Crippen molar-refractivity contribution in [3.05, 3.63) is 18.2 Å². The van der Waals surface area contributed by atoms with Gasteiger partial charge in [0.2, 0.25) is 5.88 Å². The third kappa shape index (κ3) is 1.97. The first-order valence-electron chi connectivity index (χ1n) is 5.65. The van der Waals surface area contributed by atoms with E-state index in [0.29, 0.717) is 11.8 Å². The minimum Gasteiger partial charge on any atom is -0.481 e. The summed E-state index contributed by atoms with van der Waals surface area (Å²) in [6.45, 7) is 3.30. The Labute approximate surface area is 95.9 Å². The average molecular weight is 222 g/mol. The van der Waals surface area contributed by atoms with Gasteiger partial charge in [-0.3, -0.25) is 0 Å². The van der Waals surface area contributed by atoms with E-state index in [1.807, 2.05) is 18.2 Å². The summed E-state index contributed by atoms with van der Waals surface area (Å²) in [5.74, 6) is 2.02. The molecule has 4 heteroatoms. The molecule has 1 aromatic rings. The van der Waals surface area contributed by atoms with Gasteiger partial charge in [0.1, 0.15) is 5.82 Å². The molecular weight excluding hydrogens is 204 g/mol. The number of pyridine rings is 1. The van der Waals surface area contributed by atoms with Crippen LogP contribution in [0.5, 0.6) is 5.88 Å². The molecule has 2 heterocycles. The standard InChI is InChI=1S/C12H18N2O2/c1-9-6-7-14(10(9)8-15)11-4-3-5-12(13-11)16-2/h3-5,9-10,15H,6-8H2,1-2H3. The highest BCUT2D eigenvalue weighted by molar-refractivity contribution is 5.43. The van der Waals surface area contributed by atoms with E-state index in [4.69, 9.17) is 4.74 Å². The van der Waals surface area contributed by atoms with Gasteiger partial charge >= 0.3 is 0 Å². The molecule has 0 aliphatic carbocycles. The summed E-state index contributed by atoms with van der Waals surface area (Å²) in [4.78, 5) is 6.56. The monoisotopic (exact) mass is 222 g/mol. The molecule has 1 fully saturated rings. The number of anilines is 1. The Morgan fingerprint density at radius 1 is 1.56 bits per heavy atom. The van der Waals surface area contributed by atoms with Crippen LogP contribution in [-0.4, -0.2) is 36.4 Å². The first-order valence-corrected chi connectivity index (χ1v) is 5.65. The number of rotatable bonds is 3. The van der Waals surface area contributed by atoms with Crippen LogP contribution in [0.2, 0.25) is 0 Å². The Morgan fingerprint density at radius 3 is 3.06 bits per heavy atom. The highest BCUT2D eigenvalue weighted by Gasteiger charge is 2.31. The zero-order chi connectivity index (χ0) is 11.5. The fourth-order valence-electron chi connectivity index (χ4n) is 2.25. The van der Waals surface area contributed by atoms with Crippen LogP contribution < -0.4 is 9.64 Å². The number of aliphatic hydroxyl groups is 1. The quantitative estimate of drug-likeness (QED) is 0.837. The van der Waals surface area contributed by atoms with Gasteiger partial charge in [-0.05, 0) is 18.4 Å². The van der Waals surface area contributed by atoms with Crippen LogP contribution in [0.3, 0.4) is 0 Å². The maximum absolute atomic E-state index is 9.39. The molecule has 2 unspecified atom stereocenters. The second kappa shape index (κ2) is 4.70. The lowest BCUT2D eigenvalue weighted by Crippen LogP contribution is -2.35. The van der Waals surface area contributed by atoms with E-state index in [1.165, 1.54) is 0 Å². The summed E-state index contributed by atoms with van der Waals surface area (Å²) in [6.07, 6.45) is 1.10. The van der Waals surface area contributed by atoms with Crippen molar-refractivity contribution in [3.8, 4) is 5.88 Å². The molecule has 0 aromatic carbocycles. The van der Waals surface area contributed by atoms with E-state index in [0.717, 1.165) is 18.8 Å². The van der Waals surface area contributed by atoms with Crippen molar-refractivity contribution in [2.24, 2.45) is 5.92 Å². The molecule has 88 valence electrons. The minimum absolute atomic E-state index is 0.180. The van der Waals surface area contributed by atoms with Crippen LogP contribution in [-0.2, 0) is 0 Å². The topological polar surface area (TPSA) is 45.6 Å². The van der Waals surface area contributed by atoms with E-state index in [9.17, 15) is 5.11 Å². The van der Waals surface area contributed by atoms with E-state index >= 15 is 0 Å². The van der Waals surface area contributed by atoms with E-state index in [2.05, 4.69) is 16.8 Å². The van der Waals surface area contributed by atoms with E-state index < -0.39 is 0 Å². The second-order valence-electron chi connectivity index (χ2n) is 4.25. The molecule has 1 saturated heterocycles. The lowest BCUT2D eigenvalue weighted by molar-refractivity contribution is 0.244. The van der Waals surface area contributed by atoms with Gasteiger partial charge in [0.05, 0.1) is 19.8 Å². The maximum Gasteiger partial charge on any atom is 0.214 e. The molecule has 1 aliphatic heterocycles. The van der Waals surface area contributed by atoms with Crippen LogP contribution >= 0.6 is 0 Å². The number of aliphatic hydroxyl groups excluding tert-OH is 1. The summed E-state index contributed by atoms with van der Waals surface area (Å²) in [5.41, 5.74) is 0. The first kappa shape index (κ1) is 11.2. The number of methoxy groups -OCH3 is 1. The number of nitrogens with zero attached hydrogens (tertiary/aromatic N) is 2. The summed E-state index contributed by atoms with van der Waals surface area (Å²) < 4.78 is 5.11. The van der Waals surface area contributed by atoms with Crippen molar-refractivity contribution < 1.29 is 9.84 Å². The van der Waals surface area contributed by atoms with Crippen LogP contribution in [0.4, 0.5) is 5.82 Å². The van der Waals surface area contributed by atoms with Crippen LogP contribution in [0.25, 0.3) is 0 Å². The normalized spacial score (nSPS) is 24.8. The summed E-state index contributed by atoms with van der Waals surface area (Å²) >= 11 is 0. The van der Waals surface area contributed by atoms with Crippen molar-refractivity contribution >= 4 is 5.82 Å². The lowest BCUT2D eigenvalue weighted by atomic mass is 10.0. The molecule has 0 saturated carbocycles. The maximum atomic E-state index is 9.39. The van der Waals surface area contributed by atoms with Gasteiger partial charge < -0.3 is 14.7 Å². The number of aromatic nitrogens is 1. The Hall–Kier alpha value is -1.29. The second-order valence-corrected chi connectivity index (χ2v) is 4.25. The van der Waals surface area contributed by atoms with Crippen molar-refractivity contribution in [2.45, 2.75) is 19.4 Å². The molecule has 4 nitrogen and oxygen atoms in total. The van der Waals surface area contributed by atoms with Crippen LogP contribution in [0.15, 0.2) is 18.2 Å². The fourth-order valence-corrected chi connectivity index (χ4v) is 2.25. The molecule has 16 heavy (non-hydrogen) atoms. The van der Waals surface area contributed by atoms with Crippen molar-refractivity contribution in [2.75, 3.05) is 25.2 Å². The Kier molecular flexibility index (Phi) is 3.29. The van der Waals surface area contributed by atoms with Gasteiger partial charge in [-0.15, -0.1) is 0 Å². The molecule has 2 rings (SSSR count). The Morgan fingerprint density at radius 2 is 2.38 bits per heavy atom. The van der Waals surface area contributed by atoms with Gasteiger partial charge in [-0.2, -0.15) is 4.98 Å². The number of ether oxygens (including phenoxy) is 1. The Balaban J connectivity index is 2.22.